The minimum Gasteiger partial charge on any atom is -0.441 e. The van der Waals surface area contributed by atoms with Gasteiger partial charge in [0.25, 0.3) is 0 Å². The zero-order valence-corrected chi connectivity index (χ0v) is 18.9. The van der Waals surface area contributed by atoms with E-state index in [1.54, 1.807) is 6.20 Å². The van der Waals surface area contributed by atoms with Crippen molar-refractivity contribution in [2.75, 3.05) is 37.7 Å². The molecule has 0 saturated carbocycles. The van der Waals surface area contributed by atoms with Gasteiger partial charge in [-0.2, -0.15) is 0 Å². The van der Waals surface area contributed by atoms with E-state index >= 15 is 0 Å². The first-order chi connectivity index (χ1) is 16.1. The van der Waals surface area contributed by atoms with Gasteiger partial charge in [0, 0.05) is 61.9 Å². The fourth-order valence-electron chi connectivity index (χ4n) is 4.47. The van der Waals surface area contributed by atoms with Crippen LogP contribution in [0, 0.1) is 5.41 Å². The van der Waals surface area contributed by atoms with Gasteiger partial charge in [0.05, 0.1) is 36.5 Å². The van der Waals surface area contributed by atoms with Crippen LogP contribution in [0.5, 0.6) is 0 Å². The summed E-state index contributed by atoms with van der Waals surface area (Å²) in [7, 11) is 0. The Bertz CT molecular complexity index is 1080. The summed E-state index contributed by atoms with van der Waals surface area (Å²) in [4.78, 5) is 18.1. The predicted molar refractivity (Wildman–Crippen MR) is 128 cm³/mol. The van der Waals surface area contributed by atoms with Crippen molar-refractivity contribution < 1.29 is 14.3 Å². The van der Waals surface area contributed by atoms with Gasteiger partial charge in [-0.15, -0.1) is 0 Å². The quantitative estimate of drug-likeness (QED) is 0.563. The predicted octanol–water partition coefficient (Wildman–Crippen LogP) is 3.46. The Labute approximate surface area is 197 Å². The number of piperidine rings is 1. The number of benzene rings is 1. The summed E-state index contributed by atoms with van der Waals surface area (Å²) in [6.45, 7) is 3.43. The van der Waals surface area contributed by atoms with E-state index in [1.165, 1.54) is 6.21 Å². The fraction of sp³-hybridized carbons (Fsp3) is 0.375. The molecule has 0 bridgehead atoms. The number of hydrogen-bond donors (Lipinski definition) is 3. The number of amides is 1. The molecule has 3 N–H and O–H groups in total. The first-order valence-corrected chi connectivity index (χ1v) is 11.5. The Kier molecular flexibility index (Phi) is 5.95. The van der Waals surface area contributed by atoms with E-state index in [9.17, 15) is 4.79 Å². The molecule has 3 aliphatic heterocycles. The van der Waals surface area contributed by atoms with Gasteiger partial charge in [0.15, 0.2) is 0 Å². The molecule has 1 amide bonds. The highest BCUT2D eigenvalue weighted by atomic mass is 35.5. The number of halogens is 1. The Morgan fingerprint density at radius 3 is 2.61 bits per heavy atom. The Morgan fingerprint density at radius 1 is 1.24 bits per heavy atom. The van der Waals surface area contributed by atoms with Gasteiger partial charge >= 0.3 is 6.09 Å². The Balaban J connectivity index is 1.36. The largest absolute Gasteiger partial charge is 0.441 e. The van der Waals surface area contributed by atoms with Crippen molar-refractivity contribution in [3.8, 4) is 11.1 Å². The lowest BCUT2D eigenvalue weighted by Crippen LogP contribution is -2.46. The Morgan fingerprint density at radius 2 is 2.00 bits per heavy atom. The maximum absolute atomic E-state index is 11.5. The highest BCUT2D eigenvalue weighted by Gasteiger charge is 2.43. The molecule has 0 aliphatic carbocycles. The second-order valence-corrected chi connectivity index (χ2v) is 9.06. The molecule has 3 saturated heterocycles. The third kappa shape index (κ3) is 4.41. The topological polar surface area (TPSA) is 99.6 Å². The molecule has 1 aromatic carbocycles. The van der Waals surface area contributed by atoms with Crippen LogP contribution >= 0.6 is 11.6 Å². The first kappa shape index (κ1) is 21.7. The zero-order chi connectivity index (χ0) is 22.8. The molecule has 33 heavy (non-hydrogen) atoms. The van der Waals surface area contributed by atoms with Crippen molar-refractivity contribution in [1.82, 2.24) is 15.6 Å². The monoisotopic (exact) mass is 467 g/mol. The van der Waals surface area contributed by atoms with Crippen molar-refractivity contribution >= 4 is 35.2 Å². The van der Waals surface area contributed by atoms with Gasteiger partial charge in [-0.3, -0.25) is 4.98 Å². The number of anilines is 1. The molecular weight excluding hydrogens is 442 g/mol. The van der Waals surface area contributed by atoms with Crippen molar-refractivity contribution in [3.63, 3.8) is 0 Å². The number of alkyl carbamates (subject to hydrolysis) is 1. The molecule has 1 aromatic heterocycles. The normalized spacial score (nSPS) is 20.2. The van der Waals surface area contributed by atoms with E-state index < -0.39 is 5.60 Å². The molecule has 4 heterocycles. The minimum atomic E-state index is -0.413. The molecule has 172 valence electrons. The summed E-state index contributed by atoms with van der Waals surface area (Å²) >= 11 is 6.62. The van der Waals surface area contributed by atoms with Gasteiger partial charge in [-0.05, 0) is 11.1 Å². The summed E-state index contributed by atoms with van der Waals surface area (Å²) in [6, 6.07) is 8.38. The molecular formula is C24H26ClN5O3. The van der Waals surface area contributed by atoms with Crippen LogP contribution in [0.2, 0.25) is 5.02 Å². The van der Waals surface area contributed by atoms with Gasteiger partial charge in [0.1, 0.15) is 5.60 Å². The molecule has 0 radical (unpaired) electrons. The van der Waals surface area contributed by atoms with Gasteiger partial charge in [-0.25, -0.2) is 4.79 Å². The number of pyridine rings is 1. The van der Waals surface area contributed by atoms with Crippen LogP contribution in [0.3, 0.4) is 0 Å². The lowest BCUT2D eigenvalue weighted by atomic mass is 9.91. The van der Waals surface area contributed by atoms with Crippen LogP contribution in [0.1, 0.15) is 18.4 Å². The van der Waals surface area contributed by atoms with E-state index in [2.05, 4.69) is 20.5 Å². The van der Waals surface area contributed by atoms with Crippen molar-refractivity contribution in [1.29, 1.82) is 5.41 Å². The van der Waals surface area contributed by atoms with Crippen molar-refractivity contribution in [3.05, 3.63) is 53.4 Å². The van der Waals surface area contributed by atoms with Crippen LogP contribution in [0.25, 0.3) is 16.7 Å². The van der Waals surface area contributed by atoms with Gasteiger partial charge in [0.2, 0.25) is 0 Å². The second kappa shape index (κ2) is 9.03. The fourth-order valence-corrected chi connectivity index (χ4v) is 4.75. The van der Waals surface area contributed by atoms with Gasteiger partial charge in [-0.1, -0.05) is 35.9 Å². The molecule has 0 atom stereocenters. The Hall–Kier alpha value is -3.10. The summed E-state index contributed by atoms with van der Waals surface area (Å²) in [5.74, 6) is 0. The number of aromatic nitrogens is 1. The zero-order valence-electron chi connectivity index (χ0n) is 18.1. The summed E-state index contributed by atoms with van der Waals surface area (Å²) < 4.78 is 10.7. The van der Waals surface area contributed by atoms with Crippen molar-refractivity contribution in [2.24, 2.45) is 0 Å². The third-order valence-corrected chi connectivity index (χ3v) is 6.80. The van der Waals surface area contributed by atoms with Gasteiger partial charge < -0.3 is 30.4 Å². The number of carbonyl (C=O) groups excluding carboxylic acids is 1. The molecule has 2 aromatic rings. The van der Waals surface area contributed by atoms with Crippen LogP contribution < -0.4 is 15.5 Å². The van der Waals surface area contributed by atoms with Crippen LogP contribution in [-0.2, 0) is 9.47 Å². The maximum Gasteiger partial charge on any atom is 0.407 e. The van der Waals surface area contributed by atoms with Crippen LogP contribution in [0.15, 0.2) is 42.9 Å². The number of nitrogens with one attached hydrogen (secondary N) is 3. The lowest BCUT2D eigenvalue weighted by Gasteiger charge is -2.39. The van der Waals surface area contributed by atoms with E-state index in [1.807, 2.05) is 36.7 Å². The average molecular weight is 468 g/mol. The summed E-state index contributed by atoms with van der Waals surface area (Å²) in [6.07, 6.45) is 7.88. The second-order valence-electron chi connectivity index (χ2n) is 8.65. The maximum atomic E-state index is 11.5. The highest BCUT2D eigenvalue weighted by molar-refractivity contribution is 6.33. The summed E-state index contributed by atoms with van der Waals surface area (Å²) in [5, 5.41) is 14.4. The van der Waals surface area contributed by atoms with Crippen LogP contribution in [0.4, 0.5) is 10.5 Å². The first-order valence-electron chi connectivity index (χ1n) is 11.1. The number of ether oxygens (including phenoxy) is 2. The van der Waals surface area contributed by atoms with E-state index in [0.717, 1.165) is 53.9 Å². The van der Waals surface area contributed by atoms with Crippen molar-refractivity contribution in [2.45, 2.75) is 24.5 Å². The molecule has 8 nitrogen and oxygen atoms in total. The highest BCUT2D eigenvalue weighted by Crippen LogP contribution is 2.40. The SMILES string of the molecule is N=C/C(=C\NC1COC1)c1ccc(-c2cncc(Cl)c2N2CCC3(CC2)CNC(=O)O3)cc1. The van der Waals surface area contributed by atoms with E-state index in [-0.39, 0.29) is 6.09 Å². The third-order valence-electron chi connectivity index (χ3n) is 6.53. The molecule has 0 unspecified atom stereocenters. The number of hydrogen-bond acceptors (Lipinski definition) is 7. The standard InChI is InChI=1S/C24H26ClN5O3/c25-21-12-27-11-20(22(21)30-7-5-24(6-8-30)15-29-23(31)33-24)17-3-1-16(2-4-17)18(9-26)10-28-19-13-32-14-19/h1-4,9-12,19,26,28H,5-8,13-15H2,(H,29,31)/b18-10+,26-9?. The average Bonchev–Trinajstić information content (AvgIpc) is 3.16. The molecule has 3 aliphatic rings. The molecule has 5 rings (SSSR count). The number of allylic oxidation sites excluding steroid dienone is 1. The number of nitrogens with zero attached hydrogens (tertiary/aromatic N) is 2. The van der Waals surface area contributed by atoms with Crippen LogP contribution in [-0.4, -0.2) is 61.8 Å². The number of carbonyl (C=O) groups is 1. The molecule has 1 spiro atoms. The molecule has 9 heteroatoms. The molecule has 3 fully saturated rings. The lowest BCUT2D eigenvalue weighted by molar-refractivity contribution is 0.000844. The minimum absolute atomic E-state index is 0.312. The van der Waals surface area contributed by atoms with E-state index in [4.69, 9.17) is 26.5 Å². The number of rotatable bonds is 6. The smallest absolute Gasteiger partial charge is 0.407 e. The summed E-state index contributed by atoms with van der Waals surface area (Å²) in [5.41, 5.74) is 4.25. The van der Waals surface area contributed by atoms with E-state index in [0.29, 0.717) is 30.8 Å².